The molecule has 0 fully saturated rings. The Morgan fingerprint density at radius 3 is 2.95 bits per heavy atom. The maximum absolute atomic E-state index is 10.7. The van der Waals surface area contributed by atoms with Crippen molar-refractivity contribution in [2.24, 2.45) is 0 Å². The van der Waals surface area contributed by atoms with Crippen molar-refractivity contribution < 1.29 is 14.3 Å². The lowest BCUT2D eigenvalue weighted by Crippen LogP contribution is -2.03. The number of aromatic carboxylic acids is 1. The van der Waals surface area contributed by atoms with Gasteiger partial charge >= 0.3 is 5.97 Å². The first-order chi connectivity index (χ1) is 9.15. The number of carbonyl (C=O) groups is 1. The Morgan fingerprint density at radius 2 is 2.21 bits per heavy atom. The summed E-state index contributed by atoms with van der Waals surface area (Å²) in [5.74, 6) is -0.860. The van der Waals surface area contributed by atoms with Gasteiger partial charge in [-0.2, -0.15) is 5.10 Å². The molecular weight excluding hydrogens is 270 g/mol. The second-order valence-electron chi connectivity index (χ2n) is 3.90. The molecule has 0 saturated heterocycles. The zero-order valence-electron chi connectivity index (χ0n) is 9.58. The number of carboxylic acids is 1. The number of aromatic nitrogens is 3. The van der Waals surface area contributed by atoms with Crippen LogP contribution in [0.1, 0.15) is 16.4 Å². The summed E-state index contributed by atoms with van der Waals surface area (Å²) in [5, 5.41) is 14.2. The standard InChI is InChI=1S/C12H8ClN3O3/c13-11-7-3-1-2-4-9(7)16(15-11)5-10-14-8(6-19-10)12(17)18/h1-4,6H,5H2,(H,17,18). The van der Waals surface area contributed by atoms with E-state index in [2.05, 4.69) is 10.1 Å². The van der Waals surface area contributed by atoms with Crippen molar-refractivity contribution in [3.8, 4) is 0 Å². The van der Waals surface area contributed by atoms with Gasteiger partial charge in [0.15, 0.2) is 10.8 Å². The molecule has 0 saturated carbocycles. The highest BCUT2D eigenvalue weighted by Gasteiger charge is 2.13. The summed E-state index contributed by atoms with van der Waals surface area (Å²) in [6, 6.07) is 7.47. The van der Waals surface area contributed by atoms with Gasteiger partial charge in [0.1, 0.15) is 12.8 Å². The maximum Gasteiger partial charge on any atom is 0.357 e. The molecular formula is C12H8ClN3O3. The summed E-state index contributed by atoms with van der Waals surface area (Å²) in [7, 11) is 0. The number of para-hydroxylation sites is 1. The third kappa shape index (κ3) is 2.06. The van der Waals surface area contributed by atoms with E-state index < -0.39 is 5.97 Å². The number of fused-ring (bicyclic) bond motifs is 1. The van der Waals surface area contributed by atoms with Crippen LogP contribution in [0.15, 0.2) is 34.9 Å². The molecule has 0 atom stereocenters. The number of hydrogen-bond acceptors (Lipinski definition) is 4. The molecule has 1 N–H and O–H groups in total. The molecule has 0 unspecified atom stereocenters. The molecule has 2 aromatic heterocycles. The fourth-order valence-electron chi connectivity index (χ4n) is 1.82. The van der Waals surface area contributed by atoms with Crippen LogP contribution < -0.4 is 0 Å². The summed E-state index contributed by atoms with van der Waals surface area (Å²) in [4.78, 5) is 14.6. The summed E-state index contributed by atoms with van der Waals surface area (Å²) >= 11 is 6.02. The van der Waals surface area contributed by atoms with Gasteiger partial charge in [-0.25, -0.2) is 9.78 Å². The van der Waals surface area contributed by atoms with E-state index in [9.17, 15) is 4.79 Å². The smallest absolute Gasteiger partial charge is 0.357 e. The zero-order chi connectivity index (χ0) is 13.4. The minimum atomic E-state index is -1.13. The van der Waals surface area contributed by atoms with Crippen LogP contribution in [-0.4, -0.2) is 25.8 Å². The Kier molecular flexibility index (Phi) is 2.72. The van der Waals surface area contributed by atoms with E-state index in [4.69, 9.17) is 21.1 Å². The van der Waals surface area contributed by atoms with E-state index in [1.54, 1.807) is 4.68 Å². The molecule has 96 valence electrons. The molecule has 19 heavy (non-hydrogen) atoms. The lowest BCUT2D eigenvalue weighted by molar-refractivity contribution is 0.0690. The second-order valence-corrected chi connectivity index (χ2v) is 4.26. The fraction of sp³-hybridized carbons (Fsp3) is 0.0833. The molecule has 3 aromatic rings. The van der Waals surface area contributed by atoms with E-state index in [0.29, 0.717) is 5.15 Å². The molecule has 0 radical (unpaired) electrons. The molecule has 0 amide bonds. The summed E-state index contributed by atoms with van der Waals surface area (Å²) in [6.07, 6.45) is 1.10. The van der Waals surface area contributed by atoms with Gasteiger partial charge < -0.3 is 9.52 Å². The number of halogens is 1. The van der Waals surface area contributed by atoms with Crippen molar-refractivity contribution in [1.29, 1.82) is 0 Å². The van der Waals surface area contributed by atoms with Crippen LogP contribution in [0.25, 0.3) is 10.9 Å². The van der Waals surface area contributed by atoms with E-state index in [0.717, 1.165) is 17.2 Å². The number of benzene rings is 1. The molecule has 0 spiro atoms. The number of carboxylic acid groups (broad SMARTS) is 1. The van der Waals surface area contributed by atoms with Crippen LogP contribution in [0.5, 0.6) is 0 Å². The predicted octanol–water partition coefficient (Wildman–Crippen LogP) is 2.42. The average molecular weight is 278 g/mol. The second kappa shape index (κ2) is 4.40. The van der Waals surface area contributed by atoms with Crippen molar-refractivity contribution >= 4 is 28.5 Å². The maximum atomic E-state index is 10.7. The topological polar surface area (TPSA) is 81.1 Å². The van der Waals surface area contributed by atoms with Gasteiger partial charge in [0.05, 0.1) is 5.52 Å². The number of hydrogen-bond donors (Lipinski definition) is 1. The monoisotopic (exact) mass is 277 g/mol. The largest absolute Gasteiger partial charge is 0.476 e. The third-order valence-electron chi connectivity index (χ3n) is 2.67. The summed E-state index contributed by atoms with van der Waals surface area (Å²) in [6.45, 7) is 0.223. The highest BCUT2D eigenvalue weighted by Crippen LogP contribution is 2.22. The first-order valence-electron chi connectivity index (χ1n) is 5.44. The molecule has 1 aromatic carbocycles. The molecule has 0 bridgehead atoms. The lowest BCUT2D eigenvalue weighted by Gasteiger charge is -1.98. The molecule has 0 aliphatic heterocycles. The SMILES string of the molecule is O=C(O)c1coc(Cn2nc(Cl)c3ccccc32)n1. The molecule has 0 aliphatic carbocycles. The van der Waals surface area contributed by atoms with Gasteiger partial charge in [-0.1, -0.05) is 23.7 Å². The van der Waals surface area contributed by atoms with Crippen LogP contribution in [0, 0.1) is 0 Å². The Morgan fingerprint density at radius 1 is 1.42 bits per heavy atom. The molecule has 3 rings (SSSR count). The summed E-state index contributed by atoms with van der Waals surface area (Å²) in [5.41, 5.74) is 0.708. The van der Waals surface area contributed by atoms with Gasteiger partial charge in [0.2, 0.25) is 5.89 Å². The van der Waals surface area contributed by atoms with Crippen LogP contribution in [0.4, 0.5) is 0 Å². The van der Waals surface area contributed by atoms with Gasteiger partial charge in [-0.3, -0.25) is 4.68 Å². The number of oxazole rings is 1. The normalized spacial score (nSPS) is 11.0. The molecule has 2 heterocycles. The van der Waals surface area contributed by atoms with E-state index >= 15 is 0 Å². The minimum absolute atomic E-state index is 0.127. The Hall–Kier alpha value is -2.34. The van der Waals surface area contributed by atoms with Crippen molar-refractivity contribution in [3.63, 3.8) is 0 Å². The van der Waals surface area contributed by atoms with Crippen LogP contribution in [-0.2, 0) is 6.54 Å². The van der Waals surface area contributed by atoms with Gasteiger partial charge in [-0.05, 0) is 12.1 Å². The van der Waals surface area contributed by atoms with Gasteiger partial charge in [0, 0.05) is 5.39 Å². The first-order valence-corrected chi connectivity index (χ1v) is 5.81. The van der Waals surface area contributed by atoms with Crippen LogP contribution >= 0.6 is 11.6 Å². The summed E-state index contributed by atoms with van der Waals surface area (Å²) < 4.78 is 6.71. The predicted molar refractivity (Wildman–Crippen MR) is 67.3 cm³/mol. The van der Waals surface area contributed by atoms with E-state index in [-0.39, 0.29) is 18.1 Å². The number of rotatable bonds is 3. The molecule has 6 nitrogen and oxygen atoms in total. The Labute approximate surface area is 112 Å². The Balaban J connectivity index is 1.98. The van der Waals surface area contributed by atoms with Crippen molar-refractivity contribution in [3.05, 3.63) is 47.3 Å². The van der Waals surface area contributed by atoms with E-state index in [1.165, 1.54) is 0 Å². The fourth-order valence-corrected chi connectivity index (χ4v) is 2.07. The van der Waals surface area contributed by atoms with Gasteiger partial charge in [-0.15, -0.1) is 0 Å². The van der Waals surface area contributed by atoms with Crippen molar-refractivity contribution in [1.82, 2.24) is 14.8 Å². The van der Waals surface area contributed by atoms with Crippen molar-refractivity contribution in [2.75, 3.05) is 0 Å². The van der Waals surface area contributed by atoms with Crippen molar-refractivity contribution in [2.45, 2.75) is 6.54 Å². The van der Waals surface area contributed by atoms with E-state index in [1.807, 2.05) is 24.3 Å². The van der Waals surface area contributed by atoms with Crippen LogP contribution in [0.3, 0.4) is 0 Å². The number of nitrogens with zero attached hydrogens (tertiary/aromatic N) is 3. The quantitative estimate of drug-likeness (QED) is 0.795. The zero-order valence-corrected chi connectivity index (χ0v) is 10.3. The molecule has 0 aliphatic rings. The molecule has 7 heteroatoms. The lowest BCUT2D eigenvalue weighted by atomic mass is 10.2. The first kappa shape index (κ1) is 11.7. The highest BCUT2D eigenvalue weighted by atomic mass is 35.5. The van der Waals surface area contributed by atoms with Crippen LogP contribution in [0.2, 0.25) is 5.15 Å². The third-order valence-corrected chi connectivity index (χ3v) is 2.95. The van der Waals surface area contributed by atoms with Gasteiger partial charge in [0.25, 0.3) is 0 Å². The average Bonchev–Trinajstić information content (AvgIpc) is 2.97. The highest BCUT2D eigenvalue weighted by molar-refractivity contribution is 6.34. The Bertz CT molecular complexity index is 763. The minimum Gasteiger partial charge on any atom is -0.476 e.